The van der Waals surface area contributed by atoms with Gasteiger partial charge < -0.3 is 4.90 Å². The van der Waals surface area contributed by atoms with Crippen LogP contribution in [0.2, 0.25) is 0 Å². The molecule has 0 unspecified atom stereocenters. The molecular weight excluding hydrogens is 334 g/mol. The zero-order valence-corrected chi connectivity index (χ0v) is 15.0. The zero-order chi connectivity index (χ0) is 18.5. The molecule has 2 heterocycles. The van der Waals surface area contributed by atoms with Gasteiger partial charge in [0.1, 0.15) is 11.5 Å². The lowest BCUT2D eigenvalue weighted by atomic mass is 10.0. The number of pyridine rings is 1. The lowest BCUT2D eigenvalue weighted by Gasteiger charge is -2.17. The SMILES string of the molecule is CCN(CC)CCn1cc(-c2ccnc(F)c2)c(-c2ccc(F)cc2)n1. The summed E-state index contributed by atoms with van der Waals surface area (Å²) in [5.41, 5.74) is 3.00. The monoisotopic (exact) mass is 356 g/mol. The smallest absolute Gasteiger partial charge is 0.213 e. The van der Waals surface area contributed by atoms with E-state index in [1.807, 2.05) is 10.9 Å². The van der Waals surface area contributed by atoms with E-state index in [-0.39, 0.29) is 5.82 Å². The molecule has 2 aromatic heterocycles. The maximum absolute atomic E-state index is 13.6. The van der Waals surface area contributed by atoms with Gasteiger partial charge in [0, 0.05) is 36.1 Å². The summed E-state index contributed by atoms with van der Waals surface area (Å²) in [6, 6.07) is 9.32. The zero-order valence-electron chi connectivity index (χ0n) is 15.0. The summed E-state index contributed by atoms with van der Waals surface area (Å²) in [6.07, 6.45) is 3.35. The molecular formula is C20H22F2N4. The molecule has 0 amide bonds. The molecule has 0 N–H and O–H groups in total. The molecule has 6 heteroatoms. The third kappa shape index (κ3) is 4.14. The van der Waals surface area contributed by atoms with Gasteiger partial charge in [-0.15, -0.1) is 0 Å². The van der Waals surface area contributed by atoms with Crippen LogP contribution in [0.1, 0.15) is 13.8 Å². The number of aromatic nitrogens is 3. The molecule has 0 fully saturated rings. The first-order chi connectivity index (χ1) is 12.6. The number of hydrogen-bond donors (Lipinski definition) is 0. The maximum atomic E-state index is 13.6. The summed E-state index contributed by atoms with van der Waals surface area (Å²) in [6.45, 7) is 7.81. The predicted molar refractivity (Wildman–Crippen MR) is 98.6 cm³/mol. The van der Waals surface area contributed by atoms with E-state index in [1.54, 1.807) is 18.2 Å². The largest absolute Gasteiger partial charge is 0.302 e. The van der Waals surface area contributed by atoms with Crippen LogP contribution in [-0.4, -0.2) is 39.3 Å². The Hall–Kier alpha value is -2.60. The van der Waals surface area contributed by atoms with E-state index in [0.29, 0.717) is 11.3 Å². The molecule has 3 aromatic rings. The Kier molecular flexibility index (Phi) is 5.73. The minimum absolute atomic E-state index is 0.300. The average molecular weight is 356 g/mol. The van der Waals surface area contributed by atoms with Gasteiger partial charge in [-0.05, 0) is 49.0 Å². The molecule has 0 saturated carbocycles. The highest BCUT2D eigenvalue weighted by Gasteiger charge is 2.14. The summed E-state index contributed by atoms with van der Waals surface area (Å²) < 4.78 is 28.7. The third-order valence-corrected chi connectivity index (χ3v) is 4.46. The highest BCUT2D eigenvalue weighted by molar-refractivity contribution is 5.80. The van der Waals surface area contributed by atoms with Crippen molar-refractivity contribution in [2.75, 3.05) is 19.6 Å². The van der Waals surface area contributed by atoms with Gasteiger partial charge >= 0.3 is 0 Å². The van der Waals surface area contributed by atoms with Crippen LogP contribution in [0.5, 0.6) is 0 Å². The molecule has 0 saturated heterocycles. The van der Waals surface area contributed by atoms with Crippen molar-refractivity contribution in [3.63, 3.8) is 0 Å². The Morgan fingerprint density at radius 2 is 1.73 bits per heavy atom. The fourth-order valence-corrected chi connectivity index (χ4v) is 2.92. The average Bonchev–Trinajstić information content (AvgIpc) is 3.07. The van der Waals surface area contributed by atoms with Crippen LogP contribution < -0.4 is 0 Å². The second-order valence-electron chi connectivity index (χ2n) is 6.06. The van der Waals surface area contributed by atoms with Crippen molar-refractivity contribution >= 4 is 0 Å². The van der Waals surface area contributed by atoms with Crippen LogP contribution in [0, 0.1) is 11.8 Å². The number of benzene rings is 1. The molecule has 4 nitrogen and oxygen atoms in total. The lowest BCUT2D eigenvalue weighted by molar-refractivity contribution is 0.285. The van der Waals surface area contributed by atoms with E-state index in [1.165, 1.54) is 24.4 Å². The predicted octanol–water partition coefficient (Wildman–Crippen LogP) is 4.23. The molecule has 1 aromatic carbocycles. The second kappa shape index (κ2) is 8.19. The quantitative estimate of drug-likeness (QED) is 0.594. The molecule has 0 aliphatic carbocycles. The van der Waals surface area contributed by atoms with E-state index in [2.05, 4.69) is 28.8 Å². The van der Waals surface area contributed by atoms with Crippen molar-refractivity contribution in [2.24, 2.45) is 0 Å². The summed E-state index contributed by atoms with van der Waals surface area (Å²) in [4.78, 5) is 5.93. The number of nitrogens with zero attached hydrogens (tertiary/aromatic N) is 4. The van der Waals surface area contributed by atoms with E-state index in [9.17, 15) is 8.78 Å². The van der Waals surface area contributed by atoms with Crippen LogP contribution in [0.3, 0.4) is 0 Å². The number of likely N-dealkylation sites (N-methyl/N-ethyl adjacent to an activating group) is 1. The van der Waals surface area contributed by atoms with Gasteiger partial charge in [-0.1, -0.05) is 13.8 Å². The van der Waals surface area contributed by atoms with Crippen LogP contribution in [0.15, 0.2) is 48.8 Å². The Morgan fingerprint density at radius 1 is 1.00 bits per heavy atom. The summed E-state index contributed by atoms with van der Waals surface area (Å²) in [5.74, 6) is -0.838. The maximum Gasteiger partial charge on any atom is 0.213 e. The van der Waals surface area contributed by atoms with Gasteiger partial charge in [0.25, 0.3) is 0 Å². The second-order valence-corrected chi connectivity index (χ2v) is 6.06. The lowest BCUT2D eigenvalue weighted by Crippen LogP contribution is -2.27. The third-order valence-electron chi connectivity index (χ3n) is 4.46. The normalized spacial score (nSPS) is 11.3. The molecule has 0 aliphatic rings. The summed E-state index contributed by atoms with van der Waals surface area (Å²) in [5, 5.41) is 4.68. The minimum Gasteiger partial charge on any atom is -0.302 e. The van der Waals surface area contributed by atoms with Crippen molar-refractivity contribution in [3.05, 3.63) is 60.6 Å². The van der Waals surface area contributed by atoms with Crippen LogP contribution in [-0.2, 0) is 6.54 Å². The highest BCUT2D eigenvalue weighted by Crippen LogP contribution is 2.31. The van der Waals surface area contributed by atoms with E-state index in [4.69, 9.17) is 0 Å². The Bertz CT molecular complexity index is 855. The number of hydrogen-bond acceptors (Lipinski definition) is 3. The summed E-state index contributed by atoms with van der Waals surface area (Å²) >= 11 is 0. The Balaban J connectivity index is 1.98. The summed E-state index contributed by atoms with van der Waals surface area (Å²) in [7, 11) is 0. The number of halogens is 2. The van der Waals surface area contributed by atoms with Gasteiger partial charge in [-0.25, -0.2) is 9.37 Å². The topological polar surface area (TPSA) is 34.0 Å². The Morgan fingerprint density at radius 3 is 2.38 bits per heavy atom. The van der Waals surface area contributed by atoms with Crippen LogP contribution in [0.4, 0.5) is 8.78 Å². The van der Waals surface area contributed by atoms with Gasteiger partial charge in [-0.2, -0.15) is 9.49 Å². The van der Waals surface area contributed by atoms with Crippen LogP contribution in [0.25, 0.3) is 22.4 Å². The van der Waals surface area contributed by atoms with Crippen molar-refractivity contribution in [1.82, 2.24) is 19.7 Å². The molecule has 0 atom stereocenters. The molecule has 3 rings (SSSR count). The molecule has 0 aliphatic heterocycles. The van der Waals surface area contributed by atoms with Gasteiger partial charge in [-0.3, -0.25) is 4.68 Å². The molecule has 0 spiro atoms. The van der Waals surface area contributed by atoms with Crippen molar-refractivity contribution < 1.29 is 8.78 Å². The first-order valence-corrected chi connectivity index (χ1v) is 8.78. The number of rotatable bonds is 7. The minimum atomic E-state index is -0.538. The standard InChI is InChI=1S/C20H22F2N4/c1-3-25(4-2)11-12-26-14-18(16-9-10-23-19(22)13-16)20(24-26)15-5-7-17(21)8-6-15/h5-10,13-14H,3-4,11-12H2,1-2H3. The first kappa shape index (κ1) is 18.2. The molecule has 136 valence electrons. The first-order valence-electron chi connectivity index (χ1n) is 8.78. The van der Waals surface area contributed by atoms with Gasteiger partial charge in [0.2, 0.25) is 5.95 Å². The van der Waals surface area contributed by atoms with E-state index >= 15 is 0 Å². The van der Waals surface area contributed by atoms with Crippen molar-refractivity contribution in [3.8, 4) is 22.4 Å². The fraction of sp³-hybridized carbons (Fsp3) is 0.300. The Labute approximate surface area is 152 Å². The molecule has 0 radical (unpaired) electrons. The van der Waals surface area contributed by atoms with Gasteiger partial charge in [0.15, 0.2) is 0 Å². The molecule has 0 bridgehead atoms. The van der Waals surface area contributed by atoms with Crippen molar-refractivity contribution in [1.29, 1.82) is 0 Å². The van der Waals surface area contributed by atoms with E-state index < -0.39 is 5.95 Å². The fourth-order valence-electron chi connectivity index (χ4n) is 2.92. The van der Waals surface area contributed by atoms with Crippen molar-refractivity contribution in [2.45, 2.75) is 20.4 Å². The highest BCUT2D eigenvalue weighted by atomic mass is 19.1. The van der Waals surface area contributed by atoms with Crippen LogP contribution >= 0.6 is 0 Å². The molecule has 26 heavy (non-hydrogen) atoms. The van der Waals surface area contributed by atoms with E-state index in [0.717, 1.165) is 37.3 Å². The van der Waals surface area contributed by atoms with Gasteiger partial charge in [0.05, 0.1) is 6.54 Å².